The summed E-state index contributed by atoms with van der Waals surface area (Å²) in [6.07, 6.45) is 1.20. The predicted octanol–water partition coefficient (Wildman–Crippen LogP) is 4.26. The smallest absolute Gasteiger partial charge is 0.249 e. The van der Waals surface area contributed by atoms with Gasteiger partial charge < -0.3 is 10.1 Å². The van der Waals surface area contributed by atoms with Gasteiger partial charge in [0.1, 0.15) is 12.2 Å². The molecule has 7 heteroatoms. The second-order valence-corrected chi connectivity index (χ2v) is 7.01. The van der Waals surface area contributed by atoms with Crippen molar-refractivity contribution < 1.29 is 14.3 Å². The van der Waals surface area contributed by atoms with E-state index in [-0.39, 0.29) is 12.3 Å². The van der Waals surface area contributed by atoms with Crippen LogP contribution in [-0.2, 0) is 9.59 Å². The van der Waals surface area contributed by atoms with Crippen LogP contribution in [-0.4, -0.2) is 25.1 Å². The summed E-state index contributed by atoms with van der Waals surface area (Å²) >= 11 is 5.98. The van der Waals surface area contributed by atoms with Crippen molar-refractivity contribution in [3.63, 3.8) is 0 Å². The van der Waals surface area contributed by atoms with Crippen molar-refractivity contribution in [3.05, 3.63) is 58.1 Å². The molecule has 148 valence electrons. The molecular weight excluding hydrogens is 378 g/mol. The summed E-state index contributed by atoms with van der Waals surface area (Å²) in [5.41, 5.74) is 5.72. The first-order valence-corrected chi connectivity index (χ1v) is 9.24. The Morgan fingerprint density at radius 3 is 2.57 bits per heavy atom. The number of benzene rings is 2. The summed E-state index contributed by atoms with van der Waals surface area (Å²) in [5.74, 6) is 0.121. The maximum Gasteiger partial charge on any atom is 0.249 e. The van der Waals surface area contributed by atoms with Crippen molar-refractivity contribution >= 4 is 35.3 Å². The fourth-order valence-corrected chi connectivity index (χ4v) is 2.78. The number of hydrogen-bond donors (Lipinski definition) is 2. The van der Waals surface area contributed by atoms with Gasteiger partial charge in [-0.1, -0.05) is 37.6 Å². The standard InChI is InChI=1S/C21H24ClN3O3/c1-13(2)16-10-15(14(3)9-19(16)28-4)12-23-25-21(27)11-20(26)24-18-8-6-5-7-17(18)22/h5-10,12-13H,11H2,1-4H3,(H,24,26)(H,25,27). The largest absolute Gasteiger partial charge is 0.496 e. The number of anilines is 1. The lowest BCUT2D eigenvalue weighted by Crippen LogP contribution is -2.24. The number of ether oxygens (including phenoxy) is 1. The first-order valence-electron chi connectivity index (χ1n) is 8.86. The van der Waals surface area contributed by atoms with Crippen LogP contribution in [0.3, 0.4) is 0 Å². The van der Waals surface area contributed by atoms with E-state index in [1.807, 2.05) is 19.1 Å². The molecule has 2 N–H and O–H groups in total. The van der Waals surface area contributed by atoms with Crippen LogP contribution in [0.1, 0.15) is 42.9 Å². The zero-order valence-corrected chi connectivity index (χ0v) is 17.1. The highest BCUT2D eigenvalue weighted by atomic mass is 35.5. The molecule has 0 bridgehead atoms. The van der Waals surface area contributed by atoms with Crippen LogP contribution in [0.5, 0.6) is 5.75 Å². The highest BCUT2D eigenvalue weighted by Crippen LogP contribution is 2.29. The Labute approximate surface area is 169 Å². The zero-order chi connectivity index (χ0) is 20.7. The minimum absolute atomic E-state index is 0.283. The van der Waals surface area contributed by atoms with Gasteiger partial charge in [0.25, 0.3) is 0 Å². The van der Waals surface area contributed by atoms with Gasteiger partial charge in [-0.25, -0.2) is 5.43 Å². The van der Waals surface area contributed by atoms with E-state index in [0.717, 1.165) is 22.4 Å². The molecule has 0 atom stereocenters. The van der Waals surface area contributed by atoms with Crippen LogP contribution in [0.25, 0.3) is 0 Å². The predicted molar refractivity (Wildman–Crippen MR) is 112 cm³/mol. The molecule has 0 aromatic heterocycles. The van der Waals surface area contributed by atoms with E-state index in [2.05, 4.69) is 29.7 Å². The number of hydrazone groups is 1. The maximum absolute atomic E-state index is 12.0. The molecule has 0 saturated carbocycles. The monoisotopic (exact) mass is 401 g/mol. The minimum atomic E-state index is -0.518. The Morgan fingerprint density at radius 2 is 1.93 bits per heavy atom. The van der Waals surface area contributed by atoms with E-state index >= 15 is 0 Å². The summed E-state index contributed by atoms with van der Waals surface area (Å²) < 4.78 is 5.42. The highest BCUT2D eigenvalue weighted by molar-refractivity contribution is 6.33. The Hall–Kier alpha value is -2.86. The second-order valence-electron chi connectivity index (χ2n) is 6.60. The highest BCUT2D eigenvalue weighted by Gasteiger charge is 2.12. The van der Waals surface area contributed by atoms with Crippen molar-refractivity contribution in [1.29, 1.82) is 0 Å². The number of rotatable bonds is 7. The van der Waals surface area contributed by atoms with Crippen molar-refractivity contribution in [2.75, 3.05) is 12.4 Å². The minimum Gasteiger partial charge on any atom is -0.496 e. The Balaban J connectivity index is 1.97. The third kappa shape index (κ3) is 5.82. The lowest BCUT2D eigenvalue weighted by molar-refractivity contribution is -0.126. The van der Waals surface area contributed by atoms with Gasteiger partial charge >= 0.3 is 0 Å². The average Bonchev–Trinajstić information content (AvgIpc) is 2.64. The number of aryl methyl sites for hydroxylation is 1. The van der Waals surface area contributed by atoms with E-state index in [4.69, 9.17) is 16.3 Å². The number of halogens is 1. The topological polar surface area (TPSA) is 79.8 Å². The fraction of sp³-hybridized carbons (Fsp3) is 0.286. The van der Waals surface area contributed by atoms with Crippen LogP contribution in [0.15, 0.2) is 41.5 Å². The van der Waals surface area contributed by atoms with Crippen LogP contribution in [0.4, 0.5) is 5.69 Å². The molecule has 0 heterocycles. The summed E-state index contributed by atoms with van der Waals surface area (Å²) in [4.78, 5) is 23.9. The molecule has 28 heavy (non-hydrogen) atoms. The SMILES string of the molecule is COc1cc(C)c(C=NNC(=O)CC(=O)Nc2ccccc2Cl)cc1C(C)C. The van der Waals surface area contributed by atoms with Gasteiger partial charge in [0.15, 0.2) is 0 Å². The molecule has 2 rings (SSSR count). The van der Waals surface area contributed by atoms with Gasteiger partial charge in [0, 0.05) is 0 Å². The Bertz CT molecular complexity index is 894. The van der Waals surface area contributed by atoms with Gasteiger partial charge in [0.2, 0.25) is 11.8 Å². The molecule has 0 aliphatic heterocycles. The Kier molecular flexibility index (Phi) is 7.58. The third-order valence-corrected chi connectivity index (χ3v) is 4.43. The molecular formula is C21H24ClN3O3. The normalized spacial score (nSPS) is 10.9. The number of methoxy groups -OCH3 is 1. The number of hydrogen-bond acceptors (Lipinski definition) is 4. The van der Waals surface area contributed by atoms with E-state index < -0.39 is 11.8 Å². The quantitative estimate of drug-likeness (QED) is 0.413. The number of carbonyl (C=O) groups is 2. The fourth-order valence-electron chi connectivity index (χ4n) is 2.60. The van der Waals surface area contributed by atoms with E-state index in [0.29, 0.717) is 10.7 Å². The van der Waals surface area contributed by atoms with E-state index in [9.17, 15) is 9.59 Å². The zero-order valence-electron chi connectivity index (χ0n) is 16.4. The molecule has 6 nitrogen and oxygen atoms in total. The van der Waals surface area contributed by atoms with Crippen molar-refractivity contribution in [2.45, 2.75) is 33.1 Å². The van der Waals surface area contributed by atoms with Gasteiger partial charge in [-0.15, -0.1) is 0 Å². The Morgan fingerprint density at radius 1 is 1.21 bits per heavy atom. The lowest BCUT2D eigenvalue weighted by atomic mass is 9.97. The van der Waals surface area contributed by atoms with E-state index in [1.165, 1.54) is 0 Å². The number of carbonyl (C=O) groups excluding carboxylic acids is 2. The van der Waals surface area contributed by atoms with E-state index in [1.54, 1.807) is 37.6 Å². The second kappa shape index (κ2) is 9.90. The summed E-state index contributed by atoms with van der Waals surface area (Å²) in [5, 5.41) is 6.97. The van der Waals surface area contributed by atoms with Gasteiger partial charge in [-0.3, -0.25) is 9.59 Å². The molecule has 0 aliphatic rings. The van der Waals surface area contributed by atoms with Crippen molar-refractivity contribution in [1.82, 2.24) is 5.43 Å². The molecule has 0 unspecified atom stereocenters. The van der Waals surface area contributed by atoms with Crippen molar-refractivity contribution in [3.8, 4) is 5.75 Å². The van der Waals surface area contributed by atoms with Gasteiger partial charge in [-0.2, -0.15) is 5.10 Å². The number of amides is 2. The summed E-state index contributed by atoms with van der Waals surface area (Å²) in [7, 11) is 1.64. The van der Waals surface area contributed by atoms with Crippen LogP contribution in [0, 0.1) is 6.92 Å². The molecule has 0 fully saturated rings. The maximum atomic E-state index is 12.0. The molecule has 0 aliphatic carbocycles. The molecule has 2 amide bonds. The molecule has 2 aromatic rings. The average molecular weight is 402 g/mol. The lowest BCUT2D eigenvalue weighted by Gasteiger charge is -2.14. The van der Waals surface area contributed by atoms with Crippen LogP contribution >= 0.6 is 11.6 Å². The number of para-hydroxylation sites is 1. The van der Waals surface area contributed by atoms with Crippen LogP contribution in [0.2, 0.25) is 5.02 Å². The third-order valence-electron chi connectivity index (χ3n) is 4.10. The summed E-state index contributed by atoms with van der Waals surface area (Å²) in [6.45, 7) is 6.09. The molecule has 0 saturated heterocycles. The van der Waals surface area contributed by atoms with Gasteiger partial charge in [-0.05, 0) is 53.8 Å². The number of nitrogens with zero attached hydrogens (tertiary/aromatic N) is 1. The van der Waals surface area contributed by atoms with Gasteiger partial charge in [0.05, 0.1) is 24.0 Å². The molecule has 2 aromatic carbocycles. The van der Waals surface area contributed by atoms with Crippen LogP contribution < -0.4 is 15.5 Å². The number of nitrogens with one attached hydrogen (secondary N) is 2. The van der Waals surface area contributed by atoms with Crippen molar-refractivity contribution in [2.24, 2.45) is 5.10 Å². The first kappa shape index (κ1) is 21.4. The molecule has 0 spiro atoms. The summed E-state index contributed by atoms with van der Waals surface area (Å²) in [6, 6.07) is 10.7. The first-order chi connectivity index (χ1) is 13.3. The molecule has 0 radical (unpaired) electrons.